The van der Waals surface area contributed by atoms with Crippen molar-refractivity contribution in [3.63, 3.8) is 0 Å². The number of hydrogen-bond donors (Lipinski definition) is 4. The molecule has 1 aromatic heterocycles. The van der Waals surface area contributed by atoms with Crippen LogP contribution in [0.3, 0.4) is 0 Å². The van der Waals surface area contributed by atoms with Crippen molar-refractivity contribution < 1.29 is 14.7 Å². The van der Waals surface area contributed by atoms with Gasteiger partial charge in [-0.2, -0.15) is 5.10 Å². The SMILES string of the molecule is CCc1ccc(O)c(-c2cc(C(=O)Nc3ccc(NC(C)=O)cc3)[nH]n2)c1. The van der Waals surface area contributed by atoms with Gasteiger partial charge in [0.05, 0.1) is 5.69 Å². The van der Waals surface area contributed by atoms with E-state index >= 15 is 0 Å². The number of anilines is 2. The molecule has 2 amide bonds. The number of aromatic nitrogens is 2. The highest BCUT2D eigenvalue weighted by atomic mass is 16.3. The molecule has 4 N–H and O–H groups in total. The Hall–Kier alpha value is -3.61. The number of aromatic amines is 1. The summed E-state index contributed by atoms with van der Waals surface area (Å²) in [5.74, 6) is -0.404. The number of rotatable bonds is 5. The molecule has 0 atom stereocenters. The van der Waals surface area contributed by atoms with Crippen LogP contribution in [0.2, 0.25) is 0 Å². The Kier molecular flexibility index (Phi) is 5.21. The molecular weight excluding hydrogens is 344 g/mol. The Bertz CT molecular complexity index is 977. The van der Waals surface area contributed by atoms with Crippen molar-refractivity contribution in [1.29, 1.82) is 0 Å². The van der Waals surface area contributed by atoms with Gasteiger partial charge < -0.3 is 15.7 Å². The van der Waals surface area contributed by atoms with Gasteiger partial charge in [0.2, 0.25) is 5.91 Å². The van der Waals surface area contributed by atoms with E-state index in [0.717, 1.165) is 12.0 Å². The summed E-state index contributed by atoms with van der Waals surface area (Å²) in [6, 6.07) is 13.7. The highest BCUT2D eigenvalue weighted by Gasteiger charge is 2.14. The summed E-state index contributed by atoms with van der Waals surface area (Å²) in [4.78, 5) is 23.4. The molecule has 0 unspecified atom stereocenters. The third kappa shape index (κ3) is 4.33. The molecular formula is C20H20N4O3. The van der Waals surface area contributed by atoms with Gasteiger partial charge in [-0.15, -0.1) is 0 Å². The third-order valence-corrected chi connectivity index (χ3v) is 4.03. The van der Waals surface area contributed by atoms with Crippen LogP contribution in [0, 0.1) is 0 Å². The Morgan fingerprint density at radius 1 is 1.04 bits per heavy atom. The third-order valence-electron chi connectivity index (χ3n) is 4.03. The predicted molar refractivity (Wildman–Crippen MR) is 104 cm³/mol. The Morgan fingerprint density at radius 2 is 1.70 bits per heavy atom. The molecule has 0 saturated carbocycles. The molecule has 2 aromatic carbocycles. The quantitative estimate of drug-likeness (QED) is 0.555. The summed E-state index contributed by atoms with van der Waals surface area (Å²) >= 11 is 0. The van der Waals surface area contributed by atoms with Crippen LogP contribution in [0.5, 0.6) is 5.75 Å². The maximum Gasteiger partial charge on any atom is 0.273 e. The maximum absolute atomic E-state index is 12.4. The summed E-state index contributed by atoms with van der Waals surface area (Å²) in [6.07, 6.45) is 0.833. The molecule has 7 heteroatoms. The minimum atomic E-state index is -0.354. The van der Waals surface area contributed by atoms with Gasteiger partial charge in [-0.1, -0.05) is 13.0 Å². The standard InChI is InChI=1S/C20H20N4O3/c1-3-13-4-9-19(26)16(10-13)17-11-18(24-23-17)20(27)22-15-7-5-14(6-8-15)21-12(2)25/h4-11,26H,3H2,1-2H3,(H,21,25)(H,22,27)(H,23,24). The summed E-state index contributed by atoms with van der Waals surface area (Å²) in [7, 11) is 0. The van der Waals surface area contributed by atoms with E-state index in [0.29, 0.717) is 22.6 Å². The van der Waals surface area contributed by atoms with Crippen molar-refractivity contribution in [2.24, 2.45) is 0 Å². The van der Waals surface area contributed by atoms with Crippen LogP contribution in [0.25, 0.3) is 11.3 Å². The zero-order chi connectivity index (χ0) is 19.4. The highest BCUT2D eigenvalue weighted by Crippen LogP contribution is 2.29. The van der Waals surface area contributed by atoms with Crippen molar-refractivity contribution in [1.82, 2.24) is 10.2 Å². The second kappa shape index (κ2) is 7.74. The summed E-state index contributed by atoms with van der Waals surface area (Å²) in [5, 5.41) is 22.3. The van der Waals surface area contributed by atoms with Crippen LogP contribution in [-0.2, 0) is 11.2 Å². The molecule has 0 fully saturated rings. The van der Waals surface area contributed by atoms with E-state index in [2.05, 4.69) is 20.8 Å². The zero-order valence-corrected chi connectivity index (χ0v) is 15.0. The van der Waals surface area contributed by atoms with Gasteiger partial charge >= 0.3 is 0 Å². The van der Waals surface area contributed by atoms with E-state index in [1.165, 1.54) is 6.92 Å². The minimum absolute atomic E-state index is 0.110. The van der Waals surface area contributed by atoms with E-state index in [-0.39, 0.29) is 23.3 Å². The maximum atomic E-state index is 12.4. The number of carbonyl (C=O) groups excluding carboxylic acids is 2. The van der Waals surface area contributed by atoms with E-state index < -0.39 is 0 Å². The molecule has 0 bridgehead atoms. The molecule has 0 radical (unpaired) electrons. The molecule has 0 aliphatic carbocycles. The van der Waals surface area contributed by atoms with Crippen LogP contribution >= 0.6 is 0 Å². The number of aryl methyl sites for hydroxylation is 1. The van der Waals surface area contributed by atoms with E-state index in [9.17, 15) is 14.7 Å². The van der Waals surface area contributed by atoms with Crippen molar-refractivity contribution in [2.45, 2.75) is 20.3 Å². The number of carbonyl (C=O) groups is 2. The average Bonchev–Trinajstić information content (AvgIpc) is 3.13. The first-order valence-corrected chi connectivity index (χ1v) is 8.53. The summed E-state index contributed by atoms with van der Waals surface area (Å²) in [5.41, 5.74) is 3.64. The molecule has 27 heavy (non-hydrogen) atoms. The molecule has 3 rings (SSSR count). The molecule has 0 aliphatic rings. The molecule has 0 spiro atoms. The first-order chi connectivity index (χ1) is 13.0. The van der Waals surface area contributed by atoms with Gasteiger partial charge in [0.1, 0.15) is 11.4 Å². The minimum Gasteiger partial charge on any atom is -0.507 e. The highest BCUT2D eigenvalue weighted by molar-refractivity contribution is 6.03. The lowest BCUT2D eigenvalue weighted by atomic mass is 10.1. The number of phenolic OH excluding ortho intramolecular Hbond substituents is 1. The number of nitrogens with zero attached hydrogens (tertiary/aromatic N) is 1. The van der Waals surface area contributed by atoms with Gasteiger partial charge in [0.15, 0.2) is 0 Å². The fraction of sp³-hybridized carbons (Fsp3) is 0.150. The van der Waals surface area contributed by atoms with Crippen LogP contribution < -0.4 is 10.6 Å². The number of H-pyrrole nitrogens is 1. The number of aromatic hydroxyl groups is 1. The van der Waals surface area contributed by atoms with Crippen LogP contribution in [-0.4, -0.2) is 27.1 Å². The summed E-state index contributed by atoms with van der Waals surface area (Å²) in [6.45, 7) is 3.45. The van der Waals surface area contributed by atoms with Crippen LogP contribution in [0.1, 0.15) is 29.9 Å². The first kappa shape index (κ1) is 18.2. The van der Waals surface area contributed by atoms with Crippen molar-refractivity contribution in [3.05, 3.63) is 59.8 Å². The number of nitrogens with one attached hydrogen (secondary N) is 3. The Morgan fingerprint density at radius 3 is 2.33 bits per heavy atom. The smallest absolute Gasteiger partial charge is 0.273 e. The molecule has 1 heterocycles. The number of benzene rings is 2. The van der Waals surface area contributed by atoms with Gasteiger partial charge in [-0.05, 0) is 54.4 Å². The van der Waals surface area contributed by atoms with Crippen molar-refractivity contribution in [3.8, 4) is 17.0 Å². The lowest BCUT2D eigenvalue weighted by Gasteiger charge is -2.06. The predicted octanol–water partition coefficient (Wildman–Crippen LogP) is 3.56. The second-order valence-electron chi connectivity index (χ2n) is 6.08. The van der Waals surface area contributed by atoms with Crippen LogP contribution in [0.15, 0.2) is 48.5 Å². The van der Waals surface area contributed by atoms with Gasteiger partial charge in [-0.3, -0.25) is 14.7 Å². The fourth-order valence-corrected chi connectivity index (χ4v) is 2.62. The van der Waals surface area contributed by atoms with E-state index in [1.54, 1.807) is 36.4 Å². The average molecular weight is 364 g/mol. The molecule has 7 nitrogen and oxygen atoms in total. The number of amides is 2. The lowest BCUT2D eigenvalue weighted by molar-refractivity contribution is -0.114. The largest absolute Gasteiger partial charge is 0.507 e. The molecule has 0 saturated heterocycles. The Labute approximate surface area is 156 Å². The second-order valence-corrected chi connectivity index (χ2v) is 6.08. The van der Waals surface area contributed by atoms with Crippen molar-refractivity contribution >= 4 is 23.2 Å². The van der Waals surface area contributed by atoms with Crippen LogP contribution in [0.4, 0.5) is 11.4 Å². The number of hydrogen-bond acceptors (Lipinski definition) is 4. The topological polar surface area (TPSA) is 107 Å². The molecule has 138 valence electrons. The lowest BCUT2D eigenvalue weighted by Crippen LogP contribution is -2.12. The van der Waals surface area contributed by atoms with E-state index in [1.807, 2.05) is 19.1 Å². The molecule has 0 aliphatic heterocycles. The van der Waals surface area contributed by atoms with Gasteiger partial charge in [-0.25, -0.2) is 0 Å². The monoisotopic (exact) mass is 364 g/mol. The Balaban J connectivity index is 1.74. The first-order valence-electron chi connectivity index (χ1n) is 8.53. The fourth-order valence-electron chi connectivity index (χ4n) is 2.62. The van der Waals surface area contributed by atoms with Crippen molar-refractivity contribution in [2.75, 3.05) is 10.6 Å². The van der Waals surface area contributed by atoms with Gasteiger partial charge in [0.25, 0.3) is 5.91 Å². The van der Waals surface area contributed by atoms with E-state index in [4.69, 9.17) is 0 Å². The summed E-state index contributed by atoms with van der Waals surface area (Å²) < 4.78 is 0. The zero-order valence-electron chi connectivity index (χ0n) is 15.0. The number of phenols is 1. The van der Waals surface area contributed by atoms with Gasteiger partial charge in [0, 0.05) is 23.9 Å². The molecule has 3 aromatic rings. The normalized spacial score (nSPS) is 10.4.